The summed E-state index contributed by atoms with van der Waals surface area (Å²) in [5.41, 5.74) is -7.41. The lowest BCUT2D eigenvalue weighted by molar-refractivity contribution is -0.475. The number of thiazole rings is 1. The molecule has 1 aromatic heterocycles. The lowest BCUT2D eigenvalue weighted by atomic mass is 9.71. The molecule has 1 aliphatic carbocycles. The molecule has 1 saturated carbocycles. The van der Waals surface area contributed by atoms with Crippen LogP contribution in [0.1, 0.15) is 0 Å². The molecule has 34 heavy (non-hydrogen) atoms. The highest BCUT2D eigenvalue weighted by atomic mass is 32.1. The number of nitrogens with one attached hydrogen (secondary N) is 1. The number of aromatic nitrogens is 1. The number of nitrogens with zero attached hydrogens (tertiary/aromatic N) is 2. The Labute approximate surface area is 183 Å². The molecule has 1 heterocycles. The largest absolute Gasteiger partial charge is 0.384 e. The van der Waals surface area contributed by atoms with E-state index in [2.05, 4.69) is 4.98 Å². The van der Waals surface area contributed by atoms with Crippen LogP contribution in [0.5, 0.6) is 0 Å². The molecule has 0 aliphatic heterocycles. The fraction of sp³-hybridized carbons (Fsp3) is 0.375. The molecule has 0 bridgehead atoms. The fourth-order valence-electron chi connectivity index (χ4n) is 2.91. The van der Waals surface area contributed by atoms with Crippen LogP contribution in [0.3, 0.4) is 0 Å². The number of carbonyl (C=O) groups excluding carboxylic acids is 1. The standard InChI is InChI=1S/C16H6F11N3O3S/c17-11(12(18,19)14(22,23)16(26,27)15(24,25)13(11,20)21)9(31)29-10-28-8(5-34-10)6-1-3-7(4-2-6)30(32)33/h1-5H,(H,28,29,31). The van der Waals surface area contributed by atoms with Crippen LogP contribution < -0.4 is 5.32 Å². The second-order valence-electron chi connectivity index (χ2n) is 6.83. The Morgan fingerprint density at radius 3 is 1.71 bits per heavy atom. The Morgan fingerprint density at radius 2 is 1.26 bits per heavy atom. The third-order valence-corrected chi connectivity index (χ3v) is 5.61. The zero-order valence-corrected chi connectivity index (χ0v) is 16.4. The molecule has 1 amide bonds. The summed E-state index contributed by atoms with van der Waals surface area (Å²) in [6.07, 6.45) is 0. The number of benzene rings is 1. The fourth-order valence-corrected chi connectivity index (χ4v) is 3.62. The normalized spacial score (nSPS) is 23.1. The second-order valence-corrected chi connectivity index (χ2v) is 7.68. The van der Waals surface area contributed by atoms with Gasteiger partial charge >= 0.3 is 35.3 Å². The number of carbonyl (C=O) groups is 1. The van der Waals surface area contributed by atoms with E-state index in [9.17, 15) is 63.2 Å². The van der Waals surface area contributed by atoms with Gasteiger partial charge in [0.15, 0.2) is 5.13 Å². The van der Waals surface area contributed by atoms with Crippen molar-refractivity contribution in [1.29, 1.82) is 0 Å². The molecule has 1 fully saturated rings. The Bertz CT molecular complexity index is 1120. The van der Waals surface area contributed by atoms with Crippen LogP contribution in [0.25, 0.3) is 11.3 Å². The molecule has 186 valence electrons. The molecule has 2 aromatic rings. The third-order valence-electron chi connectivity index (χ3n) is 4.85. The molecule has 3 rings (SSSR count). The molecule has 0 saturated heterocycles. The number of hydrogen-bond acceptors (Lipinski definition) is 5. The summed E-state index contributed by atoms with van der Waals surface area (Å²) < 4.78 is 151. The van der Waals surface area contributed by atoms with Crippen LogP contribution >= 0.6 is 11.3 Å². The zero-order chi connectivity index (χ0) is 26.1. The Balaban J connectivity index is 2.00. The van der Waals surface area contributed by atoms with Gasteiger partial charge in [-0.15, -0.1) is 11.3 Å². The summed E-state index contributed by atoms with van der Waals surface area (Å²) in [5, 5.41) is 11.4. The lowest BCUT2D eigenvalue weighted by Crippen LogP contribution is -2.86. The molecule has 1 aliphatic rings. The zero-order valence-electron chi connectivity index (χ0n) is 15.6. The van der Waals surface area contributed by atoms with Crippen LogP contribution in [0, 0.1) is 10.1 Å². The highest BCUT2D eigenvalue weighted by molar-refractivity contribution is 7.14. The molecule has 1 N–H and O–H groups in total. The average Bonchev–Trinajstić information content (AvgIpc) is 3.20. The van der Waals surface area contributed by atoms with Gasteiger partial charge in [-0.25, -0.2) is 9.37 Å². The van der Waals surface area contributed by atoms with Gasteiger partial charge in [0.25, 0.3) is 11.6 Å². The number of anilines is 1. The van der Waals surface area contributed by atoms with Crippen LogP contribution in [0.15, 0.2) is 29.6 Å². The van der Waals surface area contributed by atoms with Gasteiger partial charge in [-0.3, -0.25) is 20.2 Å². The predicted molar refractivity (Wildman–Crippen MR) is 91.4 cm³/mol. The lowest BCUT2D eigenvalue weighted by Gasteiger charge is -2.51. The Hall–Kier alpha value is -3.05. The topological polar surface area (TPSA) is 85.1 Å². The number of hydrogen-bond donors (Lipinski definition) is 1. The maximum Gasteiger partial charge on any atom is 0.384 e. The maximum absolute atomic E-state index is 14.7. The summed E-state index contributed by atoms with van der Waals surface area (Å²) in [6, 6.07) is 4.11. The average molecular weight is 529 g/mol. The number of non-ortho nitro benzene ring substituents is 1. The maximum atomic E-state index is 14.7. The number of alkyl halides is 11. The minimum Gasteiger partial charge on any atom is -0.299 e. The Kier molecular flexibility index (Phi) is 5.43. The van der Waals surface area contributed by atoms with E-state index in [1.54, 1.807) is 0 Å². The van der Waals surface area contributed by atoms with Crippen molar-refractivity contribution in [2.75, 3.05) is 5.32 Å². The van der Waals surface area contributed by atoms with E-state index < -0.39 is 51.2 Å². The minimum absolute atomic E-state index is 0.0448. The quantitative estimate of drug-likeness (QED) is 0.320. The van der Waals surface area contributed by atoms with Gasteiger partial charge in [0, 0.05) is 23.1 Å². The molecular weight excluding hydrogens is 523 g/mol. The van der Waals surface area contributed by atoms with E-state index >= 15 is 0 Å². The summed E-state index contributed by atoms with van der Waals surface area (Å²) in [4.78, 5) is 25.2. The van der Waals surface area contributed by atoms with Crippen molar-refractivity contribution in [2.45, 2.75) is 35.3 Å². The van der Waals surface area contributed by atoms with Crippen LogP contribution in [-0.2, 0) is 4.79 Å². The Morgan fingerprint density at radius 1 is 0.824 bits per heavy atom. The molecule has 0 spiro atoms. The van der Waals surface area contributed by atoms with Crippen molar-refractivity contribution in [3.8, 4) is 11.3 Å². The predicted octanol–water partition coefficient (Wildman–Crippen LogP) is 5.56. The first kappa shape index (κ1) is 25.6. The minimum atomic E-state index is -7.44. The summed E-state index contributed by atoms with van der Waals surface area (Å²) in [7, 11) is 0. The third kappa shape index (κ3) is 2.92. The first-order chi connectivity index (χ1) is 15.3. The van der Waals surface area contributed by atoms with Crippen LogP contribution in [-0.4, -0.2) is 51.1 Å². The monoisotopic (exact) mass is 529 g/mol. The van der Waals surface area contributed by atoms with Crippen molar-refractivity contribution in [3.63, 3.8) is 0 Å². The summed E-state index contributed by atoms with van der Waals surface area (Å²) in [6.45, 7) is 0. The number of halogens is 11. The van der Waals surface area contributed by atoms with Gasteiger partial charge in [-0.1, -0.05) is 0 Å². The van der Waals surface area contributed by atoms with E-state index in [1.165, 1.54) is 0 Å². The molecule has 0 atom stereocenters. The molecule has 0 radical (unpaired) electrons. The summed E-state index contributed by atoms with van der Waals surface area (Å²) >= 11 is 0.189. The van der Waals surface area contributed by atoms with E-state index in [1.807, 2.05) is 0 Å². The first-order valence-electron chi connectivity index (χ1n) is 8.37. The SMILES string of the molecule is O=C(Nc1nc(-c2ccc([N+](=O)[O-])cc2)cs1)C1(F)C(F)(F)C(F)(F)C(F)(F)C(F)(F)C1(F)F. The number of nitro groups is 1. The van der Waals surface area contributed by atoms with E-state index in [0.717, 1.165) is 35.0 Å². The summed E-state index contributed by atoms with van der Waals surface area (Å²) in [5.74, 6) is -40.4. The number of amides is 1. The molecule has 6 nitrogen and oxygen atoms in total. The van der Waals surface area contributed by atoms with Gasteiger partial charge < -0.3 is 0 Å². The first-order valence-corrected chi connectivity index (χ1v) is 9.25. The second kappa shape index (κ2) is 7.22. The van der Waals surface area contributed by atoms with Gasteiger partial charge in [-0.05, 0) is 12.1 Å². The van der Waals surface area contributed by atoms with Gasteiger partial charge in [0.1, 0.15) is 0 Å². The van der Waals surface area contributed by atoms with Crippen molar-refractivity contribution >= 4 is 28.1 Å². The van der Waals surface area contributed by atoms with Gasteiger partial charge in [0.05, 0.1) is 10.6 Å². The molecule has 18 heteroatoms. The van der Waals surface area contributed by atoms with Crippen molar-refractivity contribution < 1.29 is 58.0 Å². The van der Waals surface area contributed by atoms with Gasteiger partial charge in [0.2, 0.25) is 0 Å². The highest BCUT2D eigenvalue weighted by Crippen LogP contribution is 2.69. The van der Waals surface area contributed by atoms with Crippen LogP contribution in [0.4, 0.5) is 59.1 Å². The van der Waals surface area contributed by atoms with Gasteiger partial charge in [-0.2, -0.15) is 43.9 Å². The van der Waals surface area contributed by atoms with Crippen molar-refractivity contribution in [1.82, 2.24) is 4.98 Å². The van der Waals surface area contributed by atoms with E-state index in [-0.39, 0.29) is 28.3 Å². The highest BCUT2D eigenvalue weighted by Gasteiger charge is 3.02. The molecule has 0 unspecified atom stereocenters. The molecule has 1 aromatic carbocycles. The molecular formula is C16H6F11N3O3S. The smallest absolute Gasteiger partial charge is 0.299 e. The number of rotatable bonds is 4. The van der Waals surface area contributed by atoms with E-state index in [0.29, 0.717) is 0 Å². The van der Waals surface area contributed by atoms with Crippen molar-refractivity contribution in [3.05, 3.63) is 39.8 Å². The van der Waals surface area contributed by atoms with Crippen molar-refractivity contribution in [2.24, 2.45) is 0 Å². The van der Waals surface area contributed by atoms with Crippen LogP contribution in [0.2, 0.25) is 0 Å². The number of nitro benzene ring substituents is 1. The van der Waals surface area contributed by atoms with E-state index in [4.69, 9.17) is 0 Å².